The molecule has 2 heteroatoms. The van der Waals surface area contributed by atoms with Gasteiger partial charge in [-0.3, -0.25) is 0 Å². The van der Waals surface area contributed by atoms with E-state index in [0.29, 0.717) is 0 Å². The molecular formula is C14H22OSi. The molecule has 88 valence electrons. The van der Waals surface area contributed by atoms with Gasteiger partial charge in [0.2, 0.25) is 0 Å². The van der Waals surface area contributed by atoms with Crippen molar-refractivity contribution in [1.29, 1.82) is 0 Å². The third-order valence-electron chi connectivity index (χ3n) is 2.74. The first-order valence-corrected chi connectivity index (χ1v) is 9.04. The first kappa shape index (κ1) is 13.2. The molecular weight excluding hydrogens is 212 g/mol. The SMILES string of the molecule is C=Cc1cccc(CC[Si](C)(C)OCC)c1. The van der Waals surface area contributed by atoms with Gasteiger partial charge < -0.3 is 4.43 Å². The van der Waals surface area contributed by atoms with Crippen LogP contribution >= 0.6 is 0 Å². The molecule has 0 saturated heterocycles. The van der Waals surface area contributed by atoms with Crippen LogP contribution in [0.5, 0.6) is 0 Å². The van der Waals surface area contributed by atoms with Gasteiger partial charge >= 0.3 is 0 Å². The summed E-state index contributed by atoms with van der Waals surface area (Å²) in [6.45, 7) is 11.3. The largest absolute Gasteiger partial charge is 0.418 e. The van der Waals surface area contributed by atoms with Gasteiger partial charge in [-0.15, -0.1) is 0 Å². The van der Waals surface area contributed by atoms with E-state index in [9.17, 15) is 0 Å². The van der Waals surface area contributed by atoms with Crippen LogP contribution in [0.25, 0.3) is 6.08 Å². The van der Waals surface area contributed by atoms with Gasteiger partial charge in [-0.25, -0.2) is 0 Å². The van der Waals surface area contributed by atoms with Crippen molar-refractivity contribution in [3.63, 3.8) is 0 Å². The molecule has 0 radical (unpaired) electrons. The Labute approximate surface area is 100 Å². The number of hydrogen-bond donors (Lipinski definition) is 0. The second-order valence-electron chi connectivity index (χ2n) is 4.64. The summed E-state index contributed by atoms with van der Waals surface area (Å²) in [5.74, 6) is 0. The predicted octanol–water partition coefficient (Wildman–Crippen LogP) is 4.11. The second kappa shape index (κ2) is 6.02. The van der Waals surface area contributed by atoms with Gasteiger partial charge in [0.25, 0.3) is 0 Å². The lowest BCUT2D eigenvalue weighted by molar-refractivity contribution is 0.329. The molecule has 0 saturated carbocycles. The Bertz CT molecular complexity index is 344. The lowest BCUT2D eigenvalue weighted by Gasteiger charge is -2.21. The van der Waals surface area contributed by atoms with Crippen molar-refractivity contribution in [2.45, 2.75) is 32.5 Å². The molecule has 0 atom stereocenters. The summed E-state index contributed by atoms with van der Waals surface area (Å²) in [5.41, 5.74) is 2.59. The predicted molar refractivity (Wildman–Crippen MR) is 74.2 cm³/mol. The normalized spacial score (nSPS) is 11.4. The number of aryl methyl sites for hydroxylation is 1. The molecule has 0 spiro atoms. The monoisotopic (exact) mass is 234 g/mol. The minimum absolute atomic E-state index is 0.839. The molecule has 1 aromatic rings. The fraction of sp³-hybridized carbons (Fsp3) is 0.429. The highest BCUT2D eigenvalue weighted by Gasteiger charge is 2.20. The Kier molecular flexibility index (Phi) is 4.96. The molecule has 0 heterocycles. The van der Waals surface area contributed by atoms with E-state index >= 15 is 0 Å². The first-order chi connectivity index (χ1) is 7.57. The molecule has 16 heavy (non-hydrogen) atoms. The standard InChI is InChI=1S/C14H22OSi/c1-5-13-8-7-9-14(12-13)10-11-16(3,4)15-6-2/h5,7-9,12H,1,6,10-11H2,2-4H3. The third kappa shape index (κ3) is 4.33. The average molecular weight is 234 g/mol. The molecule has 0 amide bonds. The fourth-order valence-electron chi connectivity index (χ4n) is 1.78. The summed E-state index contributed by atoms with van der Waals surface area (Å²) in [7, 11) is -1.44. The number of benzene rings is 1. The van der Waals surface area contributed by atoms with E-state index in [1.165, 1.54) is 17.2 Å². The molecule has 0 fully saturated rings. The topological polar surface area (TPSA) is 9.23 Å². The highest BCUT2D eigenvalue weighted by atomic mass is 28.4. The lowest BCUT2D eigenvalue weighted by atomic mass is 10.1. The van der Waals surface area contributed by atoms with Crippen LogP contribution in [0.1, 0.15) is 18.1 Å². The van der Waals surface area contributed by atoms with Gasteiger partial charge in [0.05, 0.1) is 0 Å². The van der Waals surface area contributed by atoms with E-state index in [0.717, 1.165) is 13.0 Å². The molecule has 1 nitrogen and oxygen atoms in total. The molecule has 0 aliphatic heterocycles. The highest BCUT2D eigenvalue weighted by molar-refractivity contribution is 6.71. The van der Waals surface area contributed by atoms with Crippen LogP contribution in [0.2, 0.25) is 19.1 Å². The molecule has 0 aliphatic rings. The van der Waals surface area contributed by atoms with Crippen LogP contribution in [0.3, 0.4) is 0 Å². The Balaban J connectivity index is 2.57. The molecule has 0 aliphatic carbocycles. The van der Waals surface area contributed by atoms with Crippen LogP contribution in [-0.4, -0.2) is 14.9 Å². The van der Waals surface area contributed by atoms with E-state index in [-0.39, 0.29) is 0 Å². The maximum Gasteiger partial charge on any atom is 0.187 e. The van der Waals surface area contributed by atoms with Crippen LogP contribution in [-0.2, 0) is 10.8 Å². The third-order valence-corrected chi connectivity index (χ3v) is 5.26. The summed E-state index contributed by atoms with van der Waals surface area (Å²) in [5, 5.41) is 0. The van der Waals surface area contributed by atoms with Crippen molar-refractivity contribution in [2.75, 3.05) is 6.61 Å². The first-order valence-electron chi connectivity index (χ1n) is 5.93. The highest BCUT2D eigenvalue weighted by Crippen LogP contribution is 2.16. The van der Waals surface area contributed by atoms with Crippen molar-refractivity contribution in [3.05, 3.63) is 42.0 Å². The van der Waals surface area contributed by atoms with E-state index in [1.807, 2.05) is 6.08 Å². The summed E-state index contributed by atoms with van der Waals surface area (Å²) in [6.07, 6.45) is 3.01. The van der Waals surface area contributed by atoms with Gasteiger partial charge in [0, 0.05) is 6.61 Å². The van der Waals surface area contributed by atoms with Crippen LogP contribution < -0.4 is 0 Å². The lowest BCUT2D eigenvalue weighted by Crippen LogP contribution is -2.30. The zero-order valence-corrected chi connectivity index (χ0v) is 11.6. The van der Waals surface area contributed by atoms with Crippen molar-refractivity contribution < 1.29 is 4.43 Å². The molecule has 0 bridgehead atoms. The summed E-state index contributed by atoms with van der Waals surface area (Å²) in [6, 6.07) is 9.76. The minimum atomic E-state index is -1.44. The van der Waals surface area contributed by atoms with Gasteiger partial charge in [-0.1, -0.05) is 36.9 Å². The Morgan fingerprint density at radius 1 is 1.38 bits per heavy atom. The maximum atomic E-state index is 5.83. The Morgan fingerprint density at radius 3 is 2.75 bits per heavy atom. The summed E-state index contributed by atoms with van der Waals surface area (Å²) in [4.78, 5) is 0. The van der Waals surface area contributed by atoms with E-state index in [1.54, 1.807) is 0 Å². The van der Waals surface area contributed by atoms with E-state index in [4.69, 9.17) is 4.43 Å². The summed E-state index contributed by atoms with van der Waals surface area (Å²) >= 11 is 0. The minimum Gasteiger partial charge on any atom is -0.418 e. The van der Waals surface area contributed by atoms with Gasteiger partial charge in [-0.05, 0) is 43.6 Å². The second-order valence-corrected chi connectivity index (χ2v) is 8.95. The van der Waals surface area contributed by atoms with Crippen molar-refractivity contribution in [1.82, 2.24) is 0 Å². The Morgan fingerprint density at radius 2 is 2.12 bits per heavy atom. The van der Waals surface area contributed by atoms with Gasteiger partial charge in [-0.2, -0.15) is 0 Å². The zero-order chi connectivity index (χ0) is 12.0. The van der Waals surface area contributed by atoms with Crippen LogP contribution in [0, 0.1) is 0 Å². The van der Waals surface area contributed by atoms with Gasteiger partial charge in [0.15, 0.2) is 8.32 Å². The maximum absolute atomic E-state index is 5.83. The molecule has 0 N–H and O–H groups in total. The number of hydrogen-bond acceptors (Lipinski definition) is 1. The fourth-order valence-corrected chi connectivity index (χ4v) is 3.60. The smallest absolute Gasteiger partial charge is 0.187 e. The van der Waals surface area contributed by atoms with Crippen LogP contribution in [0.15, 0.2) is 30.8 Å². The molecule has 0 unspecified atom stereocenters. The zero-order valence-electron chi connectivity index (χ0n) is 10.6. The molecule has 1 aromatic carbocycles. The molecule has 1 rings (SSSR count). The van der Waals surface area contributed by atoms with Gasteiger partial charge in [0.1, 0.15) is 0 Å². The van der Waals surface area contributed by atoms with Crippen LogP contribution in [0.4, 0.5) is 0 Å². The van der Waals surface area contributed by atoms with Crippen molar-refractivity contribution >= 4 is 14.4 Å². The Hall–Kier alpha value is -0.863. The van der Waals surface area contributed by atoms with E-state index in [2.05, 4.69) is 50.9 Å². The van der Waals surface area contributed by atoms with Crippen molar-refractivity contribution in [2.24, 2.45) is 0 Å². The van der Waals surface area contributed by atoms with E-state index < -0.39 is 8.32 Å². The summed E-state index contributed by atoms with van der Waals surface area (Å²) < 4.78 is 5.83. The average Bonchev–Trinajstić information content (AvgIpc) is 2.27. The number of rotatable bonds is 6. The molecule has 0 aromatic heterocycles. The quantitative estimate of drug-likeness (QED) is 0.673. The van der Waals surface area contributed by atoms with Crippen molar-refractivity contribution in [3.8, 4) is 0 Å².